The van der Waals surface area contributed by atoms with E-state index in [1.54, 1.807) is 12.1 Å². The monoisotopic (exact) mass is 289 g/mol. The molecule has 0 aliphatic heterocycles. The number of rotatable bonds is 5. The third kappa shape index (κ3) is 3.32. The van der Waals surface area contributed by atoms with Gasteiger partial charge in [0.25, 0.3) is 11.6 Å². The standard InChI is InChI=1S/C15H19N3O3/c19-15(17-11-3-1-2-4-11)10-5-8-13(16-12-6-7-12)14(9-10)18(20)21/h5,8-9,11-12,16H,1-4,6-7H2,(H,17,19). The molecular weight excluding hydrogens is 270 g/mol. The van der Waals surface area contributed by atoms with Crippen LogP contribution in [0.4, 0.5) is 11.4 Å². The number of hydrogen-bond donors (Lipinski definition) is 2. The van der Waals surface area contributed by atoms with E-state index >= 15 is 0 Å². The van der Waals surface area contributed by atoms with Gasteiger partial charge in [0, 0.05) is 23.7 Å². The lowest BCUT2D eigenvalue weighted by Gasteiger charge is -2.12. The van der Waals surface area contributed by atoms with Crippen molar-refractivity contribution in [3.05, 3.63) is 33.9 Å². The average Bonchev–Trinajstić information content (AvgIpc) is 3.13. The van der Waals surface area contributed by atoms with Crippen LogP contribution in [-0.2, 0) is 0 Å². The molecule has 2 fully saturated rings. The van der Waals surface area contributed by atoms with Crippen molar-refractivity contribution in [3.63, 3.8) is 0 Å². The SMILES string of the molecule is O=C(NC1CCCC1)c1ccc(NC2CC2)c([N+](=O)[O-])c1. The third-order valence-corrected chi connectivity index (χ3v) is 4.08. The summed E-state index contributed by atoms with van der Waals surface area (Å²) in [5.74, 6) is -0.219. The Hall–Kier alpha value is -2.11. The van der Waals surface area contributed by atoms with Crippen molar-refractivity contribution in [2.45, 2.75) is 50.6 Å². The molecule has 2 aliphatic rings. The summed E-state index contributed by atoms with van der Waals surface area (Å²) in [5.41, 5.74) is 0.829. The Kier molecular flexibility index (Phi) is 3.77. The summed E-state index contributed by atoms with van der Waals surface area (Å²) in [7, 11) is 0. The molecule has 2 N–H and O–H groups in total. The molecule has 1 aromatic carbocycles. The van der Waals surface area contributed by atoms with Crippen LogP contribution < -0.4 is 10.6 Å². The molecule has 6 heteroatoms. The number of nitrogens with zero attached hydrogens (tertiary/aromatic N) is 1. The van der Waals surface area contributed by atoms with Gasteiger partial charge in [0.15, 0.2) is 0 Å². The summed E-state index contributed by atoms with van der Waals surface area (Å²) in [6.07, 6.45) is 6.34. The third-order valence-electron chi connectivity index (χ3n) is 4.08. The quantitative estimate of drug-likeness (QED) is 0.645. The van der Waals surface area contributed by atoms with Gasteiger partial charge in [-0.25, -0.2) is 0 Å². The molecule has 0 unspecified atom stereocenters. The molecule has 0 saturated heterocycles. The van der Waals surface area contributed by atoms with Gasteiger partial charge in [-0.05, 0) is 37.8 Å². The van der Waals surface area contributed by atoms with Crippen LogP contribution in [0.1, 0.15) is 48.9 Å². The van der Waals surface area contributed by atoms with Gasteiger partial charge in [0.1, 0.15) is 5.69 Å². The number of hydrogen-bond acceptors (Lipinski definition) is 4. The van der Waals surface area contributed by atoms with Gasteiger partial charge in [-0.2, -0.15) is 0 Å². The minimum absolute atomic E-state index is 0.0269. The summed E-state index contributed by atoms with van der Waals surface area (Å²) >= 11 is 0. The maximum absolute atomic E-state index is 12.2. The van der Waals surface area contributed by atoms with Crippen LogP contribution in [0.5, 0.6) is 0 Å². The molecule has 21 heavy (non-hydrogen) atoms. The van der Waals surface area contributed by atoms with Crippen LogP contribution in [0, 0.1) is 10.1 Å². The molecule has 3 rings (SSSR count). The average molecular weight is 289 g/mol. The first-order valence-electron chi connectivity index (χ1n) is 7.49. The Morgan fingerprint density at radius 2 is 1.86 bits per heavy atom. The Balaban J connectivity index is 1.76. The van der Waals surface area contributed by atoms with Gasteiger partial charge in [0.2, 0.25) is 0 Å². The number of anilines is 1. The zero-order valence-corrected chi connectivity index (χ0v) is 11.8. The Labute approximate surface area is 123 Å². The number of amides is 1. The largest absolute Gasteiger partial charge is 0.377 e. The summed E-state index contributed by atoms with van der Waals surface area (Å²) in [6.45, 7) is 0. The van der Waals surface area contributed by atoms with Crippen molar-refractivity contribution in [1.82, 2.24) is 5.32 Å². The smallest absolute Gasteiger partial charge is 0.293 e. The molecule has 2 aliphatic carbocycles. The lowest BCUT2D eigenvalue weighted by atomic mass is 10.1. The zero-order valence-electron chi connectivity index (χ0n) is 11.8. The fourth-order valence-electron chi connectivity index (χ4n) is 2.73. The van der Waals surface area contributed by atoms with Crippen LogP contribution in [0.15, 0.2) is 18.2 Å². The van der Waals surface area contributed by atoms with Gasteiger partial charge < -0.3 is 10.6 Å². The molecule has 1 aromatic rings. The lowest BCUT2D eigenvalue weighted by molar-refractivity contribution is -0.384. The fourth-order valence-corrected chi connectivity index (χ4v) is 2.73. The molecule has 0 bridgehead atoms. The minimum atomic E-state index is -0.433. The first kappa shape index (κ1) is 13.9. The van der Waals surface area contributed by atoms with Crippen LogP contribution in [-0.4, -0.2) is 22.9 Å². The number of carbonyl (C=O) groups is 1. The van der Waals surface area contributed by atoms with Crippen LogP contribution >= 0.6 is 0 Å². The first-order valence-corrected chi connectivity index (χ1v) is 7.49. The van der Waals surface area contributed by atoms with Crippen LogP contribution in [0.2, 0.25) is 0 Å². The van der Waals surface area contributed by atoms with E-state index in [-0.39, 0.29) is 17.6 Å². The Morgan fingerprint density at radius 1 is 1.14 bits per heavy atom. The van der Waals surface area contributed by atoms with Crippen molar-refractivity contribution in [3.8, 4) is 0 Å². The van der Waals surface area contributed by atoms with E-state index in [0.29, 0.717) is 17.3 Å². The van der Waals surface area contributed by atoms with Crippen molar-refractivity contribution in [1.29, 1.82) is 0 Å². The first-order chi connectivity index (χ1) is 10.1. The molecule has 6 nitrogen and oxygen atoms in total. The Morgan fingerprint density at radius 3 is 2.48 bits per heavy atom. The topological polar surface area (TPSA) is 84.3 Å². The molecule has 0 radical (unpaired) electrons. The maximum Gasteiger partial charge on any atom is 0.293 e. The molecule has 0 aromatic heterocycles. The van der Waals surface area contributed by atoms with Gasteiger partial charge in [-0.15, -0.1) is 0 Å². The van der Waals surface area contributed by atoms with E-state index in [1.807, 2.05) is 0 Å². The summed E-state index contributed by atoms with van der Waals surface area (Å²) in [4.78, 5) is 22.9. The number of nitro benzene ring substituents is 1. The normalized spacial score (nSPS) is 18.5. The zero-order chi connectivity index (χ0) is 14.8. The van der Waals surface area contributed by atoms with E-state index in [1.165, 1.54) is 6.07 Å². The molecule has 0 heterocycles. The highest BCUT2D eigenvalue weighted by atomic mass is 16.6. The van der Waals surface area contributed by atoms with E-state index in [9.17, 15) is 14.9 Å². The molecule has 0 spiro atoms. The second-order valence-electron chi connectivity index (χ2n) is 5.86. The fraction of sp³-hybridized carbons (Fsp3) is 0.533. The number of carbonyl (C=O) groups excluding carboxylic acids is 1. The summed E-state index contributed by atoms with van der Waals surface area (Å²) in [5, 5.41) is 17.3. The highest BCUT2D eigenvalue weighted by molar-refractivity contribution is 5.96. The molecule has 1 amide bonds. The van der Waals surface area contributed by atoms with Gasteiger partial charge >= 0.3 is 0 Å². The second kappa shape index (κ2) is 5.71. The van der Waals surface area contributed by atoms with Crippen LogP contribution in [0.25, 0.3) is 0 Å². The molecular formula is C15H19N3O3. The van der Waals surface area contributed by atoms with Crippen molar-refractivity contribution in [2.75, 3.05) is 5.32 Å². The van der Waals surface area contributed by atoms with Gasteiger partial charge in [-0.3, -0.25) is 14.9 Å². The number of nitro groups is 1. The van der Waals surface area contributed by atoms with Gasteiger partial charge in [-0.1, -0.05) is 12.8 Å². The van der Waals surface area contributed by atoms with E-state index in [4.69, 9.17) is 0 Å². The lowest BCUT2D eigenvalue weighted by Crippen LogP contribution is -2.32. The predicted octanol–water partition coefficient (Wildman–Crippen LogP) is 2.84. The van der Waals surface area contributed by atoms with Crippen molar-refractivity contribution < 1.29 is 9.72 Å². The van der Waals surface area contributed by atoms with E-state index in [2.05, 4.69) is 10.6 Å². The number of nitrogens with one attached hydrogen (secondary N) is 2. The Bertz CT molecular complexity index is 563. The summed E-state index contributed by atoms with van der Waals surface area (Å²) in [6, 6.07) is 5.21. The maximum atomic E-state index is 12.2. The van der Waals surface area contributed by atoms with Crippen molar-refractivity contribution >= 4 is 17.3 Å². The minimum Gasteiger partial charge on any atom is -0.377 e. The highest BCUT2D eigenvalue weighted by Gasteiger charge is 2.26. The molecule has 2 saturated carbocycles. The summed E-state index contributed by atoms with van der Waals surface area (Å²) < 4.78 is 0. The number of benzene rings is 1. The highest BCUT2D eigenvalue weighted by Crippen LogP contribution is 2.31. The van der Waals surface area contributed by atoms with E-state index < -0.39 is 4.92 Å². The second-order valence-corrected chi connectivity index (χ2v) is 5.86. The molecule has 0 atom stereocenters. The van der Waals surface area contributed by atoms with Crippen LogP contribution in [0.3, 0.4) is 0 Å². The molecule has 112 valence electrons. The van der Waals surface area contributed by atoms with Crippen molar-refractivity contribution in [2.24, 2.45) is 0 Å². The van der Waals surface area contributed by atoms with E-state index in [0.717, 1.165) is 38.5 Å². The predicted molar refractivity (Wildman–Crippen MR) is 79.5 cm³/mol. The van der Waals surface area contributed by atoms with Gasteiger partial charge in [0.05, 0.1) is 4.92 Å².